The van der Waals surface area contributed by atoms with Crippen LogP contribution in [-0.2, 0) is 9.59 Å². The number of hydrogen-bond donors (Lipinski definition) is 2. The Hall–Kier alpha value is -2.28. The summed E-state index contributed by atoms with van der Waals surface area (Å²) in [6.45, 7) is 0. The Labute approximate surface area is 112 Å². The van der Waals surface area contributed by atoms with Crippen LogP contribution in [0.15, 0.2) is 28.4 Å². The first-order valence-electron chi connectivity index (χ1n) is 5.19. The molecule has 8 heteroatoms. The van der Waals surface area contributed by atoms with Crippen molar-refractivity contribution in [1.29, 1.82) is 0 Å². The molecular formula is C11H8ClFN4O2. The van der Waals surface area contributed by atoms with Gasteiger partial charge in [-0.3, -0.25) is 9.59 Å². The van der Waals surface area contributed by atoms with Crippen LogP contribution in [0.25, 0.3) is 0 Å². The van der Waals surface area contributed by atoms with Crippen molar-refractivity contribution in [3.05, 3.63) is 34.6 Å². The second-order valence-electron chi connectivity index (χ2n) is 3.60. The van der Waals surface area contributed by atoms with E-state index in [9.17, 15) is 14.0 Å². The van der Waals surface area contributed by atoms with Crippen molar-refractivity contribution in [1.82, 2.24) is 10.9 Å². The molecule has 1 aromatic carbocycles. The molecule has 0 saturated carbocycles. The number of carbonyl (C=O) groups excluding carboxylic acids is 2. The minimum atomic E-state index is -1.03. The Morgan fingerprint density at radius 3 is 3.00 bits per heavy atom. The lowest BCUT2D eigenvalue weighted by Gasteiger charge is -2.02. The highest BCUT2D eigenvalue weighted by atomic mass is 35.5. The highest BCUT2D eigenvalue weighted by molar-refractivity contribution is 6.33. The highest BCUT2D eigenvalue weighted by Gasteiger charge is 2.28. The Morgan fingerprint density at radius 1 is 1.58 bits per heavy atom. The summed E-state index contributed by atoms with van der Waals surface area (Å²) in [5.74, 6) is -2.81. The lowest BCUT2D eigenvalue weighted by atomic mass is 10.1. The summed E-state index contributed by atoms with van der Waals surface area (Å²) in [6.07, 6.45) is 2.23. The average Bonchev–Trinajstić information content (AvgIpc) is 2.79. The number of nitrogens with zero attached hydrogens (tertiary/aromatic N) is 2. The van der Waals surface area contributed by atoms with Gasteiger partial charge in [0.2, 0.25) is 0 Å². The van der Waals surface area contributed by atoms with Crippen LogP contribution in [0.1, 0.15) is 5.56 Å². The van der Waals surface area contributed by atoms with Crippen LogP contribution >= 0.6 is 11.6 Å². The van der Waals surface area contributed by atoms with Gasteiger partial charge < -0.3 is 0 Å². The van der Waals surface area contributed by atoms with E-state index in [1.807, 2.05) is 0 Å². The van der Waals surface area contributed by atoms with E-state index in [-0.39, 0.29) is 10.6 Å². The molecule has 1 heterocycles. The molecular weight excluding hydrogens is 275 g/mol. The number of carbonyl (C=O) groups is 2. The van der Waals surface area contributed by atoms with Crippen LogP contribution in [0.4, 0.5) is 4.39 Å². The summed E-state index contributed by atoms with van der Waals surface area (Å²) < 4.78 is 13.4. The van der Waals surface area contributed by atoms with E-state index in [0.29, 0.717) is 0 Å². The SMILES string of the molecule is O=C1NN=CC1C(=O)N/N=C/c1c(F)cccc1Cl. The third kappa shape index (κ3) is 2.94. The van der Waals surface area contributed by atoms with Crippen LogP contribution in [-0.4, -0.2) is 24.2 Å². The normalized spacial score (nSPS) is 17.8. The number of nitrogens with one attached hydrogen (secondary N) is 2. The van der Waals surface area contributed by atoms with Gasteiger partial charge in [0.05, 0.1) is 11.2 Å². The van der Waals surface area contributed by atoms with Crippen molar-refractivity contribution in [2.45, 2.75) is 0 Å². The van der Waals surface area contributed by atoms with E-state index in [1.165, 1.54) is 18.2 Å². The van der Waals surface area contributed by atoms with E-state index in [4.69, 9.17) is 11.6 Å². The quantitative estimate of drug-likeness (QED) is 0.485. The number of hydrogen-bond acceptors (Lipinski definition) is 4. The van der Waals surface area contributed by atoms with E-state index < -0.39 is 23.5 Å². The van der Waals surface area contributed by atoms with E-state index in [0.717, 1.165) is 12.4 Å². The topological polar surface area (TPSA) is 82.9 Å². The van der Waals surface area contributed by atoms with Gasteiger partial charge in [-0.25, -0.2) is 15.2 Å². The maximum Gasteiger partial charge on any atom is 0.258 e. The third-order valence-corrected chi connectivity index (χ3v) is 2.66. The largest absolute Gasteiger partial charge is 0.272 e. The van der Waals surface area contributed by atoms with E-state index >= 15 is 0 Å². The van der Waals surface area contributed by atoms with Gasteiger partial charge >= 0.3 is 0 Å². The Balaban J connectivity index is 2.02. The van der Waals surface area contributed by atoms with Gasteiger partial charge in [-0.1, -0.05) is 17.7 Å². The predicted octanol–water partition coefficient (Wildman–Crippen LogP) is 0.661. The maximum absolute atomic E-state index is 13.4. The first kappa shape index (κ1) is 13.2. The van der Waals surface area contributed by atoms with Gasteiger partial charge in [0.25, 0.3) is 11.8 Å². The monoisotopic (exact) mass is 282 g/mol. The molecule has 2 amide bonds. The van der Waals surface area contributed by atoms with Crippen LogP contribution in [0.5, 0.6) is 0 Å². The Morgan fingerprint density at radius 2 is 2.37 bits per heavy atom. The summed E-state index contributed by atoms with van der Waals surface area (Å²) in [5, 5.41) is 7.16. The molecule has 19 heavy (non-hydrogen) atoms. The fourth-order valence-corrected chi connectivity index (χ4v) is 1.58. The molecule has 2 rings (SSSR count). The van der Waals surface area contributed by atoms with Gasteiger partial charge in [-0.05, 0) is 12.1 Å². The first-order chi connectivity index (χ1) is 9.09. The second-order valence-corrected chi connectivity index (χ2v) is 4.01. The molecule has 1 atom stereocenters. The number of amides is 2. The lowest BCUT2D eigenvalue weighted by molar-refractivity contribution is -0.131. The van der Waals surface area contributed by atoms with Crippen molar-refractivity contribution >= 4 is 35.8 Å². The fourth-order valence-electron chi connectivity index (χ4n) is 1.36. The zero-order chi connectivity index (χ0) is 13.8. The zero-order valence-corrected chi connectivity index (χ0v) is 10.2. The summed E-state index contributed by atoms with van der Waals surface area (Å²) in [6, 6.07) is 4.16. The summed E-state index contributed by atoms with van der Waals surface area (Å²) in [7, 11) is 0. The van der Waals surface area contributed by atoms with E-state index in [1.54, 1.807) is 0 Å². The number of halogens is 2. The van der Waals surface area contributed by atoms with Crippen molar-refractivity contribution in [2.24, 2.45) is 16.1 Å². The van der Waals surface area contributed by atoms with Gasteiger partial charge in [-0.15, -0.1) is 0 Å². The molecule has 0 aliphatic carbocycles. The van der Waals surface area contributed by atoms with Crippen LogP contribution in [0, 0.1) is 11.7 Å². The predicted molar refractivity (Wildman–Crippen MR) is 67.3 cm³/mol. The molecule has 1 unspecified atom stereocenters. The fraction of sp³-hybridized carbons (Fsp3) is 0.0909. The van der Waals surface area contributed by atoms with Crippen LogP contribution in [0.3, 0.4) is 0 Å². The molecule has 0 fully saturated rings. The van der Waals surface area contributed by atoms with Crippen molar-refractivity contribution in [3.8, 4) is 0 Å². The van der Waals surface area contributed by atoms with Gasteiger partial charge in [0, 0.05) is 11.8 Å². The molecule has 6 nitrogen and oxygen atoms in total. The number of rotatable bonds is 3. The molecule has 0 aromatic heterocycles. The molecule has 1 aliphatic heterocycles. The third-order valence-electron chi connectivity index (χ3n) is 2.33. The van der Waals surface area contributed by atoms with Crippen LogP contribution < -0.4 is 10.9 Å². The van der Waals surface area contributed by atoms with Gasteiger partial charge in [-0.2, -0.15) is 10.2 Å². The lowest BCUT2D eigenvalue weighted by Crippen LogP contribution is -2.34. The molecule has 0 bridgehead atoms. The summed E-state index contributed by atoms with van der Waals surface area (Å²) in [5.41, 5.74) is 4.27. The molecule has 98 valence electrons. The number of hydrazone groups is 2. The Bertz CT molecular complexity index is 568. The average molecular weight is 283 g/mol. The summed E-state index contributed by atoms with van der Waals surface area (Å²) in [4.78, 5) is 22.6. The standard InChI is InChI=1S/C11H8ClFN4O2/c12-8-2-1-3-9(13)6(8)4-14-16-10(18)7-5-15-17-11(7)19/h1-5,7H,(H,16,18)(H,17,19)/b14-4+. The van der Waals surface area contributed by atoms with Crippen molar-refractivity contribution in [3.63, 3.8) is 0 Å². The molecule has 0 spiro atoms. The minimum absolute atomic E-state index is 0.0500. The Kier molecular flexibility index (Phi) is 3.86. The highest BCUT2D eigenvalue weighted by Crippen LogP contribution is 2.16. The van der Waals surface area contributed by atoms with Crippen molar-refractivity contribution < 1.29 is 14.0 Å². The number of benzene rings is 1. The van der Waals surface area contributed by atoms with Gasteiger partial charge in [0.1, 0.15) is 5.82 Å². The summed E-state index contributed by atoms with van der Waals surface area (Å²) >= 11 is 5.77. The molecule has 1 aromatic rings. The first-order valence-corrected chi connectivity index (χ1v) is 5.57. The molecule has 0 saturated heterocycles. The zero-order valence-electron chi connectivity index (χ0n) is 9.43. The second kappa shape index (κ2) is 5.57. The van der Waals surface area contributed by atoms with Crippen molar-refractivity contribution in [2.75, 3.05) is 0 Å². The molecule has 2 N–H and O–H groups in total. The minimum Gasteiger partial charge on any atom is -0.272 e. The van der Waals surface area contributed by atoms with E-state index in [2.05, 4.69) is 21.1 Å². The smallest absolute Gasteiger partial charge is 0.258 e. The molecule has 0 radical (unpaired) electrons. The maximum atomic E-state index is 13.4. The van der Waals surface area contributed by atoms with Gasteiger partial charge in [0.15, 0.2) is 5.92 Å². The molecule has 1 aliphatic rings. The van der Waals surface area contributed by atoms with Crippen LogP contribution in [0.2, 0.25) is 5.02 Å².